The lowest BCUT2D eigenvalue weighted by Crippen LogP contribution is -2.05. The number of hydrogen-bond donors (Lipinski definition) is 0. The first kappa shape index (κ1) is 34.8. The van der Waals surface area contributed by atoms with E-state index < -0.39 is 0 Å². The second-order valence-corrected chi connectivity index (χ2v) is 17.1. The monoisotopic (exact) mass is 781 g/mol. The quantitative estimate of drug-likeness (QED) is 0.152. The Hall–Kier alpha value is -7.26. The van der Waals surface area contributed by atoms with Gasteiger partial charge in [-0.15, -0.1) is 11.3 Å². The van der Waals surface area contributed by atoms with E-state index in [1.165, 1.54) is 108 Å². The maximum absolute atomic E-state index is 2.48. The first-order valence-corrected chi connectivity index (χ1v) is 21.6. The predicted octanol–water partition coefficient (Wildman–Crippen LogP) is 16.2. The highest BCUT2D eigenvalue weighted by Crippen LogP contribution is 2.44. The molecule has 0 bridgehead atoms. The molecule has 1 atom stereocenters. The fraction of sp³-hybridized carbons (Fsp3) is 0.0345. The van der Waals surface area contributed by atoms with Crippen LogP contribution in [0.2, 0.25) is 0 Å². The van der Waals surface area contributed by atoms with Crippen LogP contribution in [-0.4, -0.2) is 4.57 Å². The van der Waals surface area contributed by atoms with Crippen LogP contribution in [0, 0.1) is 0 Å². The SMILES string of the molecule is c1ccc(CC(c2ccc(-c3ccc4ccccc4c3)cc2)c2ccc(-c3cc(-n4c5ccccc5c5cc6ccccc6cc54)cc4c3sc3ccccc34)cc2)cc1. The molecule has 2 heteroatoms. The summed E-state index contributed by atoms with van der Waals surface area (Å²) in [6.07, 6.45) is 0.925. The van der Waals surface area contributed by atoms with Crippen LogP contribution in [0.3, 0.4) is 0 Å². The van der Waals surface area contributed by atoms with Gasteiger partial charge in [0.05, 0.1) is 11.0 Å². The van der Waals surface area contributed by atoms with Gasteiger partial charge in [-0.3, -0.25) is 0 Å². The van der Waals surface area contributed by atoms with E-state index in [1.54, 1.807) is 0 Å². The molecule has 60 heavy (non-hydrogen) atoms. The summed E-state index contributed by atoms with van der Waals surface area (Å²) in [6.45, 7) is 0. The first-order chi connectivity index (χ1) is 29.7. The molecular weight excluding hydrogens is 743 g/mol. The summed E-state index contributed by atoms with van der Waals surface area (Å²) in [6, 6.07) is 81.1. The predicted molar refractivity (Wildman–Crippen MR) is 258 cm³/mol. The number of thiophene rings is 1. The van der Waals surface area contributed by atoms with Crippen LogP contribution in [0.4, 0.5) is 0 Å². The van der Waals surface area contributed by atoms with Gasteiger partial charge < -0.3 is 4.57 Å². The van der Waals surface area contributed by atoms with Crippen molar-refractivity contribution in [1.82, 2.24) is 4.57 Å². The Bertz CT molecular complexity index is 3550. The molecule has 0 N–H and O–H groups in total. The van der Waals surface area contributed by atoms with Gasteiger partial charge in [0.15, 0.2) is 0 Å². The van der Waals surface area contributed by atoms with Crippen LogP contribution in [0.1, 0.15) is 22.6 Å². The summed E-state index contributed by atoms with van der Waals surface area (Å²) in [5, 5.41) is 10.2. The van der Waals surface area contributed by atoms with E-state index in [9.17, 15) is 0 Å². The normalized spacial score (nSPS) is 12.3. The van der Waals surface area contributed by atoms with Gasteiger partial charge in [-0.2, -0.15) is 0 Å². The highest BCUT2D eigenvalue weighted by Gasteiger charge is 2.20. The van der Waals surface area contributed by atoms with Crippen LogP contribution < -0.4 is 0 Å². The van der Waals surface area contributed by atoms with E-state index in [4.69, 9.17) is 0 Å². The minimum atomic E-state index is 0.204. The molecule has 0 saturated heterocycles. The first-order valence-electron chi connectivity index (χ1n) is 20.8. The Morgan fingerprint density at radius 1 is 0.383 bits per heavy atom. The van der Waals surface area contributed by atoms with Crippen molar-refractivity contribution in [3.8, 4) is 27.9 Å². The number of hydrogen-bond acceptors (Lipinski definition) is 1. The fourth-order valence-electron chi connectivity index (χ4n) is 9.54. The van der Waals surface area contributed by atoms with Crippen molar-refractivity contribution in [1.29, 1.82) is 0 Å². The largest absolute Gasteiger partial charge is 0.309 e. The van der Waals surface area contributed by atoms with Crippen LogP contribution in [0.5, 0.6) is 0 Å². The van der Waals surface area contributed by atoms with Crippen molar-refractivity contribution < 1.29 is 0 Å². The lowest BCUT2D eigenvalue weighted by atomic mass is 9.84. The number of nitrogens with zero attached hydrogens (tertiary/aromatic N) is 1. The standard InChI is InChI=1S/C58H39NS/c1-2-12-38(13-3-1)32-51(41-25-22-40(23-26-41)47-31-24-39-14-4-5-15-44(39)33-47)42-27-29-43(30-28-42)52-36-48(37-54-50-19-9-11-21-57(50)60-58(52)54)59-55-20-10-8-18-49(55)53-34-45-16-6-7-17-46(45)35-56(53)59/h1-31,33-37,51H,32H2. The Kier molecular flexibility index (Phi) is 8.24. The third-order valence-electron chi connectivity index (χ3n) is 12.6. The maximum Gasteiger partial charge on any atom is 0.0547 e. The molecule has 2 heterocycles. The van der Waals surface area contributed by atoms with Gasteiger partial charge in [0, 0.05) is 48.1 Å². The number of rotatable bonds is 7. The second kappa shape index (κ2) is 14.2. The molecule has 2 aromatic heterocycles. The molecule has 282 valence electrons. The van der Waals surface area contributed by atoms with Crippen LogP contribution in [0.25, 0.3) is 91.5 Å². The highest BCUT2D eigenvalue weighted by molar-refractivity contribution is 7.26. The van der Waals surface area contributed by atoms with Crippen molar-refractivity contribution in [3.05, 3.63) is 235 Å². The molecule has 1 nitrogen and oxygen atoms in total. The molecular formula is C58H39NS. The summed E-state index contributed by atoms with van der Waals surface area (Å²) < 4.78 is 5.12. The van der Waals surface area contributed by atoms with E-state index in [-0.39, 0.29) is 5.92 Å². The van der Waals surface area contributed by atoms with Gasteiger partial charge >= 0.3 is 0 Å². The molecule has 0 amide bonds. The van der Waals surface area contributed by atoms with Crippen molar-refractivity contribution in [2.75, 3.05) is 0 Å². The molecule has 0 radical (unpaired) electrons. The topological polar surface area (TPSA) is 4.93 Å². The van der Waals surface area contributed by atoms with E-state index in [0.29, 0.717) is 0 Å². The third kappa shape index (κ3) is 5.91. The Balaban J connectivity index is 0.990. The Labute approximate surface area is 353 Å². The molecule has 10 aromatic carbocycles. The number of para-hydroxylation sites is 1. The summed E-state index contributed by atoms with van der Waals surface area (Å²) in [7, 11) is 0. The maximum atomic E-state index is 2.48. The van der Waals surface area contributed by atoms with Gasteiger partial charge in [-0.1, -0.05) is 176 Å². The van der Waals surface area contributed by atoms with Crippen molar-refractivity contribution in [2.45, 2.75) is 12.3 Å². The smallest absolute Gasteiger partial charge is 0.0547 e. The highest BCUT2D eigenvalue weighted by atomic mass is 32.1. The zero-order valence-electron chi connectivity index (χ0n) is 32.9. The lowest BCUT2D eigenvalue weighted by molar-refractivity contribution is 0.805. The summed E-state index contributed by atoms with van der Waals surface area (Å²) in [5.74, 6) is 0.204. The lowest BCUT2D eigenvalue weighted by Gasteiger charge is -2.20. The average Bonchev–Trinajstić information content (AvgIpc) is 3.85. The molecule has 1 unspecified atom stereocenters. The number of aromatic nitrogens is 1. The van der Waals surface area contributed by atoms with Crippen molar-refractivity contribution >= 4 is 74.9 Å². The second-order valence-electron chi connectivity index (χ2n) is 16.1. The molecule has 0 aliphatic carbocycles. The van der Waals surface area contributed by atoms with E-state index in [0.717, 1.165) is 6.42 Å². The van der Waals surface area contributed by atoms with E-state index in [1.807, 2.05) is 11.3 Å². The van der Waals surface area contributed by atoms with Crippen molar-refractivity contribution in [2.24, 2.45) is 0 Å². The Morgan fingerprint density at radius 3 is 1.75 bits per heavy atom. The van der Waals surface area contributed by atoms with Gasteiger partial charge in [0.2, 0.25) is 0 Å². The summed E-state index contributed by atoms with van der Waals surface area (Å²) >= 11 is 1.90. The minimum absolute atomic E-state index is 0.204. The van der Waals surface area contributed by atoms with Crippen LogP contribution >= 0.6 is 11.3 Å². The van der Waals surface area contributed by atoms with Gasteiger partial charge in [-0.05, 0) is 104 Å². The zero-order valence-corrected chi connectivity index (χ0v) is 33.7. The molecule has 12 rings (SSSR count). The van der Waals surface area contributed by atoms with Crippen molar-refractivity contribution in [3.63, 3.8) is 0 Å². The summed E-state index contributed by atoms with van der Waals surface area (Å²) in [4.78, 5) is 0. The van der Waals surface area contributed by atoms with E-state index in [2.05, 4.69) is 223 Å². The van der Waals surface area contributed by atoms with Gasteiger partial charge in [0.1, 0.15) is 0 Å². The minimum Gasteiger partial charge on any atom is -0.309 e. The van der Waals surface area contributed by atoms with Gasteiger partial charge in [-0.25, -0.2) is 0 Å². The van der Waals surface area contributed by atoms with Gasteiger partial charge in [0.25, 0.3) is 0 Å². The molecule has 0 fully saturated rings. The summed E-state index contributed by atoms with van der Waals surface area (Å²) in [5.41, 5.74) is 12.6. The van der Waals surface area contributed by atoms with Crippen LogP contribution in [0.15, 0.2) is 218 Å². The average molecular weight is 782 g/mol. The number of fused-ring (bicyclic) bond motifs is 8. The Morgan fingerprint density at radius 2 is 0.983 bits per heavy atom. The van der Waals surface area contributed by atoms with E-state index >= 15 is 0 Å². The zero-order chi connectivity index (χ0) is 39.6. The van der Waals surface area contributed by atoms with Crippen LogP contribution in [-0.2, 0) is 6.42 Å². The third-order valence-corrected chi connectivity index (χ3v) is 13.8. The molecule has 0 aliphatic rings. The molecule has 0 spiro atoms. The molecule has 0 aliphatic heterocycles. The number of benzene rings is 10. The molecule has 0 saturated carbocycles. The molecule has 12 aromatic rings. The fourth-order valence-corrected chi connectivity index (χ4v) is 10.8.